The van der Waals surface area contributed by atoms with Gasteiger partial charge in [-0.25, -0.2) is 13.4 Å². The average molecular weight is 422 g/mol. The van der Waals surface area contributed by atoms with E-state index in [1.54, 1.807) is 10.6 Å². The number of rotatable bonds is 9. The quantitative estimate of drug-likeness (QED) is 0.533. The maximum Gasteiger partial charge on any atom is 0.246 e. The molecule has 8 nitrogen and oxygen atoms in total. The number of aryl methyl sites for hydroxylation is 1. The summed E-state index contributed by atoms with van der Waals surface area (Å²) >= 11 is 1.37. The molecule has 0 atom stereocenters. The van der Waals surface area contributed by atoms with Crippen LogP contribution < -0.4 is 5.32 Å². The van der Waals surface area contributed by atoms with E-state index < -0.39 is 9.84 Å². The summed E-state index contributed by atoms with van der Waals surface area (Å²) < 4.78 is 25.1. The zero-order chi connectivity index (χ0) is 20.1. The number of benzene rings is 1. The van der Waals surface area contributed by atoms with Crippen molar-refractivity contribution >= 4 is 43.2 Å². The van der Waals surface area contributed by atoms with E-state index in [9.17, 15) is 13.2 Å². The summed E-state index contributed by atoms with van der Waals surface area (Å²) in [6, 6.07) is 7.27. The minimum Gasteiger partial charge on any atom is -0.318 e. The largest absolute Gasteiger partial charge is 0.318 e. The highest BCUT2D eigenvalue weighted by molar-refractivity contribution is 7.89. The highest BCUT2D eigenvalue weighted by atomic mass is 32.2. The van der Waals surface area contributed by atoms with Crippen molar-refractivity contribution in [3.63, 3.8) is 0 Å². The number of fused-ring (bicyclic) bond motifs is 1. The lowest BCUT2D eigenvalue weighted by molar-refractivity contribution is -0.116. The molecule has 0 aliphatic rings. The van der Waals surface area contributed by atoms with Crippen molar-refractivity contribution in [2.45, 2.75) is 44.9 Å². The van der Waals surface area contributed by atoms with E-state index in [1.807, 2.05) is 18.2 Å². The maximum atomic E-state index is 12.5. The number of sulfone groups is 1. The van der Waals surface area contributed by atoms with Crippen molar-refractivity contribution in [3.05, 3.63) is 35.1 Å². The molecule has 0 spiro atoms. The highest BCUT2D eigenvalue weighted by Crippen LogP contribution is 2.20. The number of hydrogen-bond donors (Lipinski definition) is 1. The molecule has 1 N–H and O–H groups in total. The monoisotopic (exact) mass is 421 g/mol. The lowest BCUT2D eigenvalue weighted by Gasteiger charge is -2.08. The first kappa shape index (κ1) is 20.4. The molecule has 1 amide bonds. The van der Waals surface area contributed by atoms with Gasteiger partial charge in [0.25, 0.3) is 0 Å². The van der Waals surface area contributed by atoms with Gasteiger partial charge in [0.15, 0.2) is 9.84 Å². The first-order valence-electron chi connectivity index (χ1n) is 9.10. The van der Waals surface area contributed by atoms with Crippen molar-refractivity contribution in [3.8, 4) is 0 Å². The van der Waals surface area contributed by atoms with Crippen molar-refractivity contribution in [2.24, 2.45) is 0 Å². The third-order valence-corrected chi connectivity index (χ3v) is 5.82. The van der Waals surface area contributed by atoms with Crippen LogP contribution >= 0.6 is 11.3 Å². The van der Waals surface area contributed by atoms with Crippen LogP contribution in [0.1, 0.15) is 37.0 Å². The number of imidazole rings is 1. The Kier molecular flexibility index (Phi) is 6.40. The number of aromatic nitrogens is 4. The molecule has 10 heteroatoms. The van der Waals surface area contributed by atoms with Crippen LogP contribution in [0.25, 0.3) is 11.0 Å². The van der Waals surface area contributed by atoms with Gasteiger partial charge in [-0.05, 0) is 18.6 Å². The lowest BCUT2D eigenvalue weighted by atomic mass is 10.2. The molecule has 0 saturated carbocycles. The second-order valence-corrected chi connectivity index (χ2v) is 9.88. The molecule has 2 aromatic heterocycles. The van der Waals surface area contributed by atoms with E-state index in [-0.39, 0.29) is 18.2 Å². The van der Waals surface area contributed by atoms with Crippen LogP contribution in [0.5, 0.6) is 0 Å². The maximum absolute atomic E-state index is 12.5. The van der Waals surface area contributed by atoms with Crippen LogP contribution in [0.15, 0.2) is 24.3 Å². The summed E-state index contributed by atoms with van der Waals surface area (Å²) in [6.07, 6.45) is 5.33. The van der Waals surface area contributed by atoms with Crippen LogP contribution in [0, 0.1) is 0 Å². The first-order valence-corrected chi connectivity index (χ1v) is 12.0. The summed E-state index contributed by atoms with van der Waals surface area (Å²) in [7, 11) is -3.29. The lowest BCUT2D eigenvalue weighted by Crippen LogP contribution is -2.21. The van der Waals surface area contributed by atoms with Gasteiger partial charge < -0.3 is 4.57 Å². The van der Waals surface area contributed by atoms with Crippen LogP contribution in [0.3, 0.4) is 0 Å². The Bertz CT molecular complexity index is 1070. The third-order valence-electron chi connectivity index (χ3n) is 4.13. The summed E-state index contributed by atoms with van der Waals surface area (Å²) in [4.78, 5) is 16.9. The van der Waals surface area contributed by atoms with Crippen molar-refractivity contribution < 1.29 is 13.2 Å². The first-order chi connectivity index (χ1) is 13.4. The van der Waals surface area contributed by atoms with E-state index in [2.05, 4.69) is 27.4 Å². The molecule has 0 unspecified atom stereocenters. The molecule has 0 bridgehead atoms. The Morgan fingerprint density at radius 3 is 2.75 bits per heavy atom. The van der Waals surface area contributed by atoms with Crippen molar-refractivity contribution in [2.75, 3.05) is 11.6 Å². The van der Waals surface area contributed by atoms with Crippen molar-refractivity contribution in [1.29, 1.82) is 0 Å². The Hall–Kier alpha value is -2.33. The molecular weight excluding hydrogens is 398 g/mol. The summed E-state index contributed by atoms with van der Waals surface area (Å²) in [6.45, 7) is 2.10. The molecule has 0 radical (unpaired) electrons. The molecule has 0 fully saturated rings. The predicted octanol–water partition coefficient (Wildman–Crippen LogP) is 2.80. The summed E-state index contributed by atoms with van der Waals surface area (Å²) in [5.41, 5.74) is 1.37. The molecule has 0 aliphatic carbocycles. The summed E-state index contributed by atoms with van der Waals surface area (Å²) in [5, 5.41) is 12.2. The number of amides is 1. The fourth-order valence-corrected chi connectivity index (χ4v) is 4.37. The molecule has 1 aromatic carbocycles. The summed E-state index contributed by atoms with van der Waals surface area (Å²) in [5.74, 6) is -0.180. The number of nitrogens with one attached hydrogen (secondary N) is 1. The van der Waals surface area contributed by atoms with Gasteiger partial charge in [-0.15, -0.1) is 10.2 Å². The van der Waals surface area contributed by atoms with Gasteiger partial charge in [-0.1, -0.05) is 43.2 Å². The van der Waals surface area contributed by atoms with Gasteiger partial charge in [0, 0.05) is 12.7 Å². The Labute approximate surface area is 167 Å². The number of unbranched alkanes of at least 4 members (excludes halogenated alkanes) is 2. The van der Waals surface area contributed by atoms with E-state index in [0.29, 0.717) is 22.0 Å². The molecule has 3 aromatic rings. The number of para-hydroxylation sites is 2. The third kappa shape index (κ3) is 5.35. The molecule has 28 heavy (non-hydrogen) atoms. The molecule has 3 rings (SSSR count). The normalized spacial score (nSPS) is 11.8. The average Bonchev–Trinajstić information content (AvgIpc) is 3.19. The van der Waals surface area contributed by atoms with Crippen LogP contribution in [0.4, 0.5) is 5.13 Å². The predicted molar refractivity (Wildman–Crippen MR) is 110 cm³/mol. The fourth-order valence-electron chi connectivity index (χ4n) is 2.88. The van der Waals surface area contributed by atoms with Gasteiger partial charge in [-0.2, -0.15) is 0 Å². The Morgan fingerprint density at radius 2 is 2.00 bits per heavy atom. The van der Waals surface area contributed by atoms with Gasteiger partial charge in [-0.3, -0.25) is 10.1 Å². The SMILES string of the molecule is CCCCCc1nnc(NC(=O)Cn2c(CS(C)(=O)=O)nc3ccccc32)s1. The number of carbonyl (C=O) groups excluding carboxylic acids is 1. The van der Waals surface area contributed by atoms with Crippen molar-refractivity contribution in [1.82, 2.24) is 19.7 Å². The molecule has 150 valence electrons. The molecule has 0 saturated heterocycles. The molecular formula is C18H23N5O3S2. The van der Waals surface area contributed by atoms with Gasteiger partial charge in [0.05, 0.1) is 11.0 Å². The van der Waals surface area contributed by atoms with Gasteiger partial charge in [0.2, 0.25) is 11.0 Å². The highest BCUT2D eigenvalue weighted by Gasteiger charge is 2.18. The van der Waals surface area contributed by atoms with E-state index >= 15 is 0 Å². The second kappa shape index (κ2) is 8.78. The van der Waals surface area contributed by atoms with E-state index in [4.69, 9.17) is 0 Å². The zero-order valence-electron chi connectivity index (χ0n) is 15.9. The van der Waals surface area contributed by atoms with Gasteiger partial charge >= 0.3 is 0 Å². The second-order valence-electron chi connectivity index (χ2n) is 6.68. The van der Waals surface area contributed by atoms with Crippen LogP contribution in [-0.2, 0) is 33.4 Å². The van der Waals surface area contributed by atoms with Crippen LogP contribution in [0.2, 0.25) is 0 Å². The number of nitrogens with zero attached hydrogens (tertiary/aromatic N) is 4. The standard InChI is InChI=1S/C18H23N5O3S2/c1-3-4-5-10-17-21-22-18(27-17)20-16(24)11-23-14-9-7-6-8-13(14)19-15(23)12-28(2,25)26/h6-9H,3-5,10-12H2,1-2H3,(H,20,22,24). The minimum atomic E-state index is -3.29. The topological polar surface area (TPSA) is 107 Å². The number of hydrogen-bond acceptors (Lipinski definition) is 7. The smallest absolute Gasteiger partial charge is 0.246 e. The fraction of sp³-hybridized carbons (Fsp3) is 0.444. The van der Waals surface area contributed by atoms with E-state index in [0.717, 1.165) is 36.9 Å². The Balaban J connectivity index is 1.75. The zero-order valence-corrected chi connectivity index (χ0v) is 17.5. The number of carbonyl (C=O) groups is 1. The molecule has 2 heterocycles. The van der Waals surface area contributed by atoms with E-state index in [1.165, 1.54) is 11.3 Å². The van der Waals surface area contributed by atoms with Gasteiger partial charge in [0.1, 0.15) is 23.1 Å². The van der Waals surface area contributed by atoms with Crippen LogP contribution in [-0.4, -0.2) is 40.3 Å². The molecule has 0 aliphatic heterocycles. The minimum absolute atomic E-state index is 0.0455. The Morgan fingerprint density at radius 1 is 1.21 bits per heavy atom. The number of anilines is 1.